The molecule has 0 bridgehead atoms. The minimum absolute atomic E-state index is 1.62. The molecule has 0 aliphatic carbocycles. The molecule has 0 saturated heterocycles. The Bertz CT molecular complexity index is 90.7. The van der Waals surface area contributed by atoms with E-state index in [0.29, 0.717) is 0 Å². The van der Waals surface area contributed by atoms with Gasteiger partial charge in [-0.1, -0.05) is 0 Å². The molecule has 0 aromatic heterocycles. The summed E-state index contributed by atoms with van der Waals surface area (Å²) in [4.78, 5) is 0. The van der Waals surface area contributed by atoms with Crippen molar-refractivity contribution >= 4 is 8.32 Å². The van der Waals surface area contributed by atoms with Crippen molar-refractivity contribution in [1.29, 1.82) is 0 Å². The van der Waals surface area contributed by atoms with Crippen molar-refractivity contribution in [2.75, 3.05) is 7.11 Å². The first-order valence-corrected chi connectivity index (χ1v) is 5.06. The molecular weight excluding hydrogens is 104 g/mol. The zero-order valence-corrected chi connectivity index (χ0v) is 5.99. The summed E-state index contributed by atoms with van der Waals surface area (Å²) in [5.41, 5.74) is 2.61. The second-order valence-corrected chi connectivity index (χ2v) is 5.58. The Labute approximate surface area is 45.8 Å². The number of hydrogen-bond donors (Lipinski definition) is 0. The third-order valence-electron chi connectivity index (χ3n) is 0.858. The summed E-state index contributed by atoms with van der Waals surface area (Å²) in [6, 6.07) is 0. The van der Waals surface area contributed by atoms with Crippen LogP contribution in [0.4, 0.5) is 0 Å². The van der Waals surface area contributed by atoms with Crippen LogP contribution in [0.5, 0.6) is 0 Å². The Kier molecular flexibility index (Phi) is 2.07. The molecule has 0 atom stereocenters. The standard InChI is InChI=1S/C5H10OSi/c1-5-7(3,4)6-2/h1H,2-4H3. The van der Waals surface area contributed by atoms with Gasteiger partial charge in [0.1, 0.15) is 0 Å². The molecule has 0 aromatic carbocycles. The summed E-state index contributed by atoms with van der Waals surface area (Å²) in [6.45, 7) is 3.96. The summed E-state index contributed by atoms with van der Waals surface area (Å²) in [7, 11) is 0.0354. The Morgan fingerprint density at radius 3 is 2.00 bits per heavy atom. The highest BCUT2D eigenvalue weighted by Crippen LogP contribution is 1.96. The summed E-state index contributed by atoms with van der Waals surface area (Å²) in [5.74, 6) is 0. The van der Waals surface area contributed by atoms with Crippen LogP contribution in [0.1, 0.15) is 0 Å². The quantitative estimate of drug-likeness (QED) is 0.365. The highest BCUT2D eigenvalue weighted by atomic mass is 28.4. The minimum Gasteiger partial charge on any atom is -0.409 e. The predicted octanol–water partition coefficient (Wildman–Crippen LogP) is 1.01. The van der Waals surface area contributed by atoms with Gasteiger partial charge in [0.15, 0.2) is 0 Å². The molecule has 0 spiro atoms. The SMILES string of the molecule is C#C[Si](C)(C)OC. The lowest BCUT2D eigenvalue weighted by Gasteiger charge is -2.09. The van der Waals surface area contributed by atoms with Gasteiger partial charge in [-0.05, 0) is 13.1 Å². The minimum atomic E-state index is -1.62. The van der Waals surface area contributed by atoms with Crippen LogP contribution in [0.15, 0.2) is 0 Å². The van der Waals surface area contributed by atoms with Crippen LogP contribution >= 0.6 is 0 Å². The van der Waals surface area contributed by atoms with Gasteiger partial charge in [-0.2, -0.15) is 0 Å². The monoisotopic (exact) mass is 114 g/mol. The van der Waals surface area contributed by atoms with E-state index in [-0.39, 0.29) is 0 Å². The first kappa shape index (κ1) is 6.74. The fourth-order valence-electron chi connectivity index (χ4n) is 0.0589. The third-order valence-corrected chi connectivity index (χ3v) is 2.57. The van der Waals surface area contributed by atoms with Crippen LogP contribution in [0.3, 0.4) is 0 Å². The molecular formula is C5H10OSi. The molecule has 0 unspecified atom stereocenters. The average molecular weight is 114 g/mol. The van der Waals surface area contributed by atoms with Crippen molar-refractivity contribution in [2.45, 2.75) is 13.1 Å². The summed E-state index contributed by atoms with van der Waals surface area (Å²) in [6.07, 6.45) is 5.10. The predicted molar refractivity (Wildman–Crippen MR) is 33.3 cm³/mol. The average Bonchev–Trinajstić information content (AvgIpc) is 1.68. The second kappa shape index (κ2) is 2.15. The Hall–Kier alpha value is -0.263. The van der Waals surface area contributed by atoms with E-state index in [1.807, 2.05) is 13.1 Å². The zero-order valence-electron chi connectivity index (χ0n) is 4.99. The van der Waals surface area contributed by atoms with Gasteiger partial charge in [0.05, 0.1) is 0 Å². The van der Waals surface area contributed by atoms with E-state index in [4.69, 9.17) is 10.8 Å². The molecule has 0 saturated carbocycles. The lowest BCUT2D eigenvalue weighted by molar-refractivity contribution is 0.417. The smallest absolute Gasteiger partial charge is 0.265 e. The van der Waals surface area contributed by atoms with Crippen LogP contribution in [0.25, 0.3) is 0 Å². The van der Waals surface area contributed by atoms with Crippen molar-refractivity contribution in [1.82, 2.24) is 0 Å². The molecule has 0 N–H and O–H groups in total. The first-order valence-electron chi connectivity index (χ1n) is 2.15. The van der Waals surface area contributed by atoms with Crippen LogP contribution in [-0.4, -0.2) is 15.4 Å². The summed E-state index contributed by atoms with van der Waals surface area (Å²) < 4.78 is 4.99. The zero-order chi connectivity index (χ0) is 5.91. The maximum Gasteiger partial charge on any atom is 0.265 e. The van der Waals surface area contributed by atoms with Gasteiger partial charge in [-0.25, -0.2) is 0 Å². The van der Waals surface area contributed by atoms with Gasteiger partial charge < -0.3 is 4.43 Å². The summed E-state index contributed by atoms with van der Waals surface area (Å²) in [5, 5.41) is 0. The fourth-order valence-corrected chi connectivity index (χ4v) is 0.177. The summed E-state index contributed by atoms with van der Waals surface area (Å²) >= 11 is 0. The lowest BCUT2D eigenvalue weighted by Crippen LogP contribution is -2.25. The highest BCUT2D eigenvalue weighted by molar-refractivity contribution is 6.79. The van der Waals surface area contributed by atoms with Crippen molar-refractivity contribution < 1.29 is 4.43 Å². The normalized spacial score (nSPS) is 10.6. The molecule has 0 aliphatic rings. The second-order valence-electron chi connectivity index (χ2n) is 1.86. The van der Waals surface area contributed by atoms with Crippen molar-refractivity contribution in [3.8, 4) is 12.0 Å². The molecule has 0 heterocycles. The topological polar surface area (TPSA) is 9.23 Å². The van der Waals surface area contributed by atoms with E-state index < -0.39 is 8.32 Å². The van der Waals surface area contributed by atoms with Gasteiger partial charge >= 0.3 is 0 Å². The molecule has 1 nitrogen and oxygen atoms in total. The number of terminal acetylenes is 1. The molecule has 0 aliphatic heterocycles. The van der Waals surface area contributed by atoms with E-state index in [9.17, 15) is 0 Å². The maximum absolute atomic E-state index is 5.10. The Morgan fingerprint density at radius 2 is 2.00 bits per heavy atom. The molecule has 7 heavy (non-hydrogen) atoms. The number of rotatable bonds is 1. The van der Waals surface area contributed by atoms with E-state index in [1.165, 1.54) is 0 Å². The highest BCUT2D eigenvalue weighted by Gasteiger charge is 2.14. The molecule has 40 valence electrons. The molecule has 0 amide bonds. The van der Waals surface area contributed by atoms with Crippen LogP contribution < -0.4 is 0 Å². The van der Waals surface area contributed by atoms with Crippen LogP contribution in [0, 0.1) is 12.0 Å². The van der Waals surface area contributed by atoms with Crippen molar-refractivity contribution in [3.63, 3.8) is 0 Å². The maximum atomic E-state index is 5.10. The molecule has 0 rings (SSSR count). The van der Waals surface area contributed by atoms with Gasteiger partial charge in [0.25, 0.3) is 8.32 Å². The van der Waals surface area contributed by atoms with Gasteiger partial charge in [0.2, 0.25) is 0 Å². The Morgan fingerprint density at radius 1 is 1.57 bits per heavy atom. The lowest BCUT2D eigenvalue weighted by atomic mass is 11.4. The van der Waals surface area contributed by atoms with E-state index in [2.05, 4.69) is 5.54 Å². The Balaban J connectivity index is 3.66. The third kappa shape index (κ3) is 2.43. The molecule has 0 aromatic rings. The van der Waals surface area contributed by atoms with Crippen molar-refractivity contribution in [3.05, 3.63) is 0 Å². The van der Waals surface area contributed by atoms with E-state index in [1.54, 1.807) is 7.11 Å². The van der Waals surface area contributed by atoms with Crippen LogP contribution in [0.2, 0.25) is 13.1 Å². The fraction of sp³-hybridized carbons (Fsp3) is 0.600. The van der Waals surface area contributed by atoms with E-state index >= 15 is 0 Å². The van der Waals surface area contributed by atoms with Gasteiger partial charge in [0, 0.05) is 7.11 Å². The molecule has 0 fully saturated rings. The van der Waals surface area contributed by atoms with Gasteiger partial charge in [-0.15, -0.1) is 12.0 Å². The van der Waals surface area contributed by atoms with Crippen molar-refractivity contribution in [2.24, 2.45) is 0 Å². The molecule has 2 heteroatoms. The van der Waals surface area contributed by atoms with Crippen LogP contribution in [-0.2, 0) is 4.43 Å². The molecule has 0 radical (unpaired) electrons. The van der Waals surface area contributed by atoms with Gasteiger partial charge in [-0.3, -0.25) is 0 Å². The van der Waals surface area contributed by atoms with E-state index in [0.717, 1.165) is 0 Å². The number of hydrogen-bond acceptors (Lipinski definition) is 1. The largest absolute Gasteiger partial charge is 0.409 e. The first-order chi connectivity index (χ1) is 3.12.